The molecule has 3 heteroatoms. The molecule has 0 spiro atoms. The van der Waals surface area contributed by atoms with Crippen molar-refractivity contribution in [2.45, 2.75) is 0 Å². The van der Waals surface area contributed by atoms with E-state index in [9.17, 15) is 4.79 Å². The van der Waals surface area contributed by atoms with Crippen LogP contribution in [0, 0.1) is 6.07 Å². The van der Waals surface area contributed by atoms with Crippen molar-refractivity contribution in [3.05, 3.63) is 90.3 Å². The Bertz CT molecular complexity index is 675. The largest absolute Gasteiger partial charge is 0.455 e. The van der Waals surface area contributed by atoms with E-state index in [1.165, 1.54) is 0 Å². The van der Waals surface area contributed by atoms with Crippen molar-refractivity contribution in [2.24, 2.45) is 0 Å². The molecule has 0 N–H and O–H groups in total. The van der Waals surface area contributed by atoms with Gasteiger partial charge in [-0.1, -0.05) is 42.5 Å². The molecule has 3 rings (SSSR count). The smallest absolute Gasteiger partial charge is 0.258 e. The van der Waals surface area contributed by atoms with Crippen LogP contribution in [0.5, 0.6) is 5.75 Å². The Kier molecular flexibility index (Phi) is 3.83. The molecular weight excluding hydrogens is 262 g/mol. The van der Waals surface area contributed by atoms with Crippen LogP contribution in [0.4, 0.5) is 0 Å². The summed E-state index contributed by atoms with van der Waals surface area (Å²) in [7, 11) is 0. The zero-order valence-corrected chi connectivity index (χ0v) is 11.4. The summed E-state index contributed by atoms with van der Waals surface area (Å²) in [5, 5.41) is 0. The lowest BCUT2D eigenvalue weighted by Gasteiger charge is -2.21. The lowest BCUT2D eigenvalue weighted by molar-refractivity contribution is 0.0829. The highest BCUT2D eigenvalue weighted by Gasteiger charge is 2.16. The van der Waals surface area contributed by atoms with E-state index < -0.39 is 0 Å². The molecule has 0 fully saturated rings. The topological polar surface area (TPSA) is 29.5 Å². The fraction of sp³-hybridized carbons (Fsp3) is 0.0556. The van der Waals surface area contributed by atoms with Gasteiger partial charge in [0.25, 0.3) is 5.91 Å². The number of nitrogens with zero attached hydrogens (tertiary/aromatic N) is 1. The molecule has 1 amide bonds. The first kappa shape index (κ1) is 13.2. The number of hydrogen-bond acceptors (Lipinski definition) is 2. The quantitative estimate of drug-likeness (QED) is 0.859. The monoisotopic (exact) mass is 276 g/mol. The number of benzene rings is 2. The van der Waals surface area contributed by atoms with E-state index in [4.69, 9.17) is 4.74 Å². The van der Waals surface area contributed by atoms with E-state index in [2.05, 4.69) is 6.07 Å². The first-order valence-corrected chi connectivity index (χ1v) is 6.72. The van der Waals surface area contributed by atoms with E-state index >= 15 is 0 Å². The standard InChI is InChI=1S/C18H14NO2/c20-18(15-8-3-1-4-9-15)19-13-7-12-17(14-19)21-16-10-5-2-6-11-16/h1-10,12,14H,13H2. The lowest BCUT2D eigenvalue weighted by Crippen LogP contribution is -2.28. The van der Waals surface area contributed by atoms with Crippen LogP contribution < -0.4 is 4.74 Å². The molecule has 0 atom stereocenters. The number of carbonyl (C=O) groups is 1. The van der Waals surface area contributed by atoms with Gasteiger partial charge in [-0.15, -0.1) is 0 Å². The van der Waals surface area contributed by atoms with Gasteiger partial charge >= 0.3 is 0 Å². The zero-order chi connectivity index (χ0) is 14.5. The average molecular weight is 276 g/mol. The highest BCUT2D eigenvalue weighted by Crippen LogP contribution is 2.17. The first-order valence-electron chi connectivity index (χ1n) is 6.72. The molecule has 0 aromatic heterocycles. The minimum absolute atomic E-state index is 0.0434. The Hall–Kier alpha value is -2.81. The molecule has 1 aliphatic heterocycles. The van der Waals surface area contributed by atoms with E-state index in [1.54, 1.807) is 29.3 Å². The van der Waals surface area contributed by atoms with Crippen LogP contribution in [-0.4, -0.2) is 17.4 Å². The Morgan fingerprint density at radius 1 is 1.10 bits per heavy atom. The van der Waals surface area contributed by atoms with Gasteiger partial charge in [-0.25, -0.2) is 0 Å². The predicted molar refractivity (Wildman–Crippen MR) is 80.6 cm³/mol. The number of allylic oxidation sites excluding steroid dienone is 1. The van der Waals surface area contributed by atoms with Gasteiger partial charge in [0.2, 0.25) is 0 Å². The summed E-state index contributed by atoms with van der Waals surface area (Å²) in [6.07, 6.45) is 5.48. The van der Waals surface area contributed by atoms with Crippen LogP contribution in [-0.2, 0) is 0 Å². The number of amides is 1. The van der Waals surface area contributed by atoms with Crippen molar-refractivity contribution < 1.29 is 9.53 Å². The van der Waals surface area contributed by atoms with E-state index in [0.29, 0.717) is 23.6 Å². The molecule has 1 radical (unpaired) electrons. The zero-order valence-electron chi connectivity index (χ0n) is 11.4. The van der Waals surface area contributed by atoms with Crippen LogP contribution in [0.15, 0.2) is 78.7 Å². The van der Waals surface area contributed by atoms with Crippen LogP contribution >= 0.6 is 0 Å². The van der Waals surface area contributed by atoms with Crippen LogP contribution in [0.2, 0.25) is 0 Å². The molecule has 3 nitrogen and oxygen atoms in total. The molecule has 21 heavy (non-hydrogen) atoms. The fourth-order valence-electron chi connectivity index (χ4n) is 2.05. The van der Waals surface area contributed by atoms with Crippen LogP contribution in [0.3, 0.4) is 0 Å². The van der Waals surface area contributed by atoms with E-state index in [-0.39, 0.29) is 5.91 Å². The highest BCUT2D eigenvalue weighted by molar-refractivity contribution is 5.95. The third-order valence-electron chi connectivity index (χ3n) is 3.06. The SMILES string of the molecule is O=C(c1ccccc1)N1C=C(Oc2[c]cccc2)C=CC1. The maximum atomic E-state index is 12.4. The number of para-hydroxylation sites is 1. The number of hydrogen-bond donors (Lipinski definition) is 0. The molecule has 1 heterocycles. The van der Waals surface area contributed by atoms with Crippen molar-refractivity contribution >= 4 is 5.91 Å². The van der Waals surface area contributed by atoms with Crippen molar-refractivity contribution in [1.29, 1.82) is 0 Å². The fourth-order valence-corrected chi connectivity index (χ4v) is 2.05. The Morgan fingerprint density at radius 3 is 2.67 bits per heavy atom. The summed E-state index contributed by atoms with van der Waals surface area (Å²) in [5.41, 5.74) is 0.662. The van der Waals surface area contributed by atoms with Gasteiger partial charge in [-0.3, -0.25) is 4.79 Å². The second kappa shape index (κ2) is 6.09. The van der Waals surface area contributed by atoms with Crippen molar-refractivity contribution in [3.8, 4) is 5.75 Å². The number of carbonyl (C=O) groups excluding carboxylic acids is 1. The van der Waals surface area contributed by atoms with Gasteiger partial charge < -0.3 is 9.64 Å². The summed E-state index contributed by atoms with van der Waals surface area (Å²) in [6.45, 7) is 0.541. The van der Waals surface area contributed by atoms with Crippen molar-refractivity contribution in [2.75, 3.05) is 6.54 Å². The number of rotatable bonds is 3. The Morgan fingerprint density at radius 2 is 1.90 bits per heavy atom. The first-order chi connectivity index (χ1) is 10.3. The van der Waals surface area contributed by atoms with Gasteiger partial charge in [-0.05, 0) is 24.3 Å². The molecular formula is C18H14NO2. The van der Waals surface area contributed by atoms with E-state index in [1.807, 2.05) is 48.6 Å². The summed E-state index contributed by atoms with van der Waals surface area (Å²) >= 11 is 0. The maximum Gasteiger partial charge on any atom is 0.258 e. The molecule has 0 saturated heterocycles. The Balaban J connectivity index is 1.76. The molecule has 0 saturated carbocycles. The second-order valence-corrected chi connectivity index (χ2v) is 4.59. The molecule has 103 valence electrons. The van der Waals surface area contributed by atoms with Gasteiger partial charge in [0.05, 0.1) is 6.20 Å². The highest BCUT2D eigenvalue weighted by atomic mass is 16.5. The maximum absolute atomic E-state index is 12.4. The van der Waals surface area contributed by atoms with Crippen molar-refractivity contribution in [3.63, 3.8) is 0 Å². The normalized spacial score (nSPS) is 13.7. The summed E-state index contributed by atoms with van der Waals surface area (Å²) in [5.74, 6) is 1.20. The predicted octanol–water partition coefficient (Wildman–Crippen LogP) is 3.42. The molecule has 0 aliphatic carbocycles. The van der Waals surface area contributed by atoms with E-state index in [0.717, 1.165) is 0 Å². The molecule has 2 aromatic carbocycles. The molecule has 0 bridgehead atoms. The minimum atomic E-state index is -0.0434. The van der Waals surface area contributed by atoms with Crippen molar-refractivity contribution in [1.82, 2.24) is 4.90 Å². The Labute approximate surface area is 123 Å². The molecule has 1 aliphatic rings. The summed E-state index contributed by atoms with van der Waals surface area (Å²) in [4.78, 5) is 14.0. The van der Waals surface area contributed by atoms with Crippen LogP contribution in [0.25, 0.3) is 0 Å². The van der Waals surface area contributed by atoms with Gasteiger partial charge in [-0.2, -0.15) is 0 Å². The summed E-state index contributed by atoms with van der Waals surface area (Å²) in [6, 6.07) is 19.6. The third-order valence-corrected chi connectivity index (χ3v) is 3.06. The average Bonchev–Trinajstić information content (AvgIpc) is 2.56. The third kappa shape index (κ3) is 3.20. The second-order valence-electron chi connectivity index (χ2n) is 4.59. The van der Waals surface area contributed by atoms with Gasteiger partial charge in [0, 0.05) is 18.2 Å². The summed E-state index contributed by atoms with van der Waals surface area (Å²) < 4.78 is 5.70. The number of ether oxygens (including phenoxy) is 1. The minimum Gasteiger partial charge on any atom is -0.455 e. The molecule has 0 unspecified atom stereocenters. The van der Waals surface area contributed by atoms with Gasteiger partial charge in [0.1, 0.15) is 11.5 Å². The van der Waals surface area contributed by atoms with Crippen LogP contribution in [0.1, 0.15) is 10.4 Å². The lowest BCUT2D eigenvalue weighted by atomic mass is 10.2. The molecule has 2 aromatic rings. The van der Waals surface area contributed by atoms with Gasteiger partial charge in [0.15, 0.2) is 0 Å².